The third-order valence-electron chi connectivity index (χ3n) is 3.02. The van der Waals surface area contributed by atoms with Crippen LogP contribution in [-0.2, 0) is 0 Å². The van der Waals surface area contributed by atoms with Crippen LogP contribution in [0.25, 0.3) is 0 Å². The Morgan fingerprint density at radius 2 is 1.81 bits per heavy atom. The van der Waals surface area contributed by atoms with Crippen LogP contribution in [0.5, 0.6) is 0 Å². The number of hydrogen-bond acceptors (Lipinski definition) is 2. The van der Waals surface area contributed by atoms with E-state index in [2.05, 4.69) is 10.3 Å². The largest absolute Gasteiger partial charge is 0.305 e. The molecule has 0 fully saturated rings. The second-order valence-corrected chi connectivity index (χ2v) is 4.55. The molecule has 1 heterocycles. The minimum absolute atomic E-state index is 0.0681. The molecule has 0 aliphatic carbocycles. The van der Waals surface area contributed by atoms with E-state index in [4.69, 9.17) is 0 Å². The van der Waals surface area contributed by atoms with Gasteiger partial charge in [-0.1, -0.05) is 13.0 Å². The van der Waals surface area contributed by atoms with Crippen molar-refractivity contribution in [1.82, 2.24) is 10.3 Å². The second kappa shape index (κ2) is 6.67. The number of nitrogens with zero attached hydrogens (tertiary/aromatic N) is 1. The maximum absolute atomic E-state index is 13.9. The molecule has 1 atom stereocenters. The number of halogens is 4. The van der Waals surface area contributed by atoms with Gasteiger partial charge in [0.05, 0.1) is 17.9 Å². The number of hydrogen-bond donors (Lipinski definition) is 1. The van der Waals surface area contributed by atoms with Crippen molar-refractivity contribution in [2.24, 2.45) is 0 Å². The predicted molar refractivity (Wildman–Crippen MR) is 70.6 cm³/mol. The Morgan fingerprint density at radius 3 is 2.43 bits per heavy atom. The zero-order chi connectivity index (χ0) is 15.4. The van der Waals surface area contributed by atoms with Crippen LogP contribution in [0.1, 0.15) is 30.6 Å². The van der Waals surface area contributed by atoms with E-state index in [9.17, 15) is 17.6 Å². The molecule has 0 amide bonds. The molecule has 1 N–H and O–H groups in total. The maximum Gasteiger partial charge on any atom is 0.194 e. The third-order valence-corrected chi connectivity index (χ3v) is 3.02. The van der Waals surface area contributed by atoms with Crippen molar-refractivity contribution in [1.29, 1.82) is 0 Å². The Balaban J connectivity index is 2.45. The van der Waals surface area contributed by atoms with Crippen LogP contribution in [0, 0.1) is 23.3 Å². The summed E-state index contributed by atoms with van der Waals surface area (Å²) in [6.07, 6.45) is 1.75. The zero-order valence-electron chi connectivity index (χ0n) is 11.3. The maximum atomic E-state index is 13.9. The first-order valence-electron chi connectivity index (χ1n) is 6.52. The molecule has 112 valence electrons. The SMILES string of the molecule is CCCNC(c1ccc(F)cn1)c1ccc(F)c(F)c1F. The third kappa shape index (κ3) is 3.39. The van der Waals surface area contributed by atoms with Crippen molar-refractivity contribution in [3.63, 3.8) is 0 Å². The lowest BCUT2D eigenvalue weighted by Crippen LogP contribution is -2.25. The molecular formula is C15H14F4N2. The molecule has 2 rings (SSSR count). The first-order valence-corrected chi connectivity index (χ1v) is 6.52. The molecule has 1 unspecified atom stereocenters. The average Bonchev–Trinajstić information content (AvgIpc) is 2.48. The van der Waals surface area contributed by atoms with Gasteiger partial charge in [0, 0.05) is 5.56 Å². The van der Waals surface area contributed by atoms with E-state index in [1.165, 1.54) is 12.1 Å². The van der Waals surface area contributed by atoms with E-state index in [0.29, 0.717) is 12.2 Å². The number of benzene rings is 1. The highest BCUT2D eigenvalue weighted by Crippen LogP contribution is 2.26. The Bertz CT molecular complexity index is 614. The van der Waals surface area contributed by atoms with Crippen molar-refractivity contribution in [3.8, 4) is 0 Å². The van der Waals surface area contributed by atoms with Crippen LogP contribution in [0.3, 0.4) is 0 Å². The molecule has 0 spiro atoms. The molecule has 2 aromatic rings. The Labute approximate surface area is 119 Å². The first-order chi connectivity index (χ1) is 10.0. The summed E-state index contributed by atoms with van der Waals surface area (Å²) in [5.74, 6) is -4.58. The fourth-order valence-electron chi connectivity index (χ4n) is 1.98. The molecule has 1 aromatic carbocycles. The van der Waals surface area contributed by atoms with Crippen LogP contribution in [0.15, 0.2) is 30.5 Å². The van der Waals surface area contributed by atoms with Gasteiger partial charge >= 0.3 is 0 Å². The topological polar surface area (TPSA) is 24.9 Å². The van der Waals surface area contributed by atoms with Crippen LogP contribution < -0.4 is 5.32 Å². The van der Waals surface area contributed by atoms with Crippen molar-refractivity contribution in [2.75, 3.05) is 6.54 Å². The van der Waals surface area contributed by atoms with Gasteiger partial charge in [-0.2, -0.15) is 0 Å². The zero-order valence-corrected chi connectivity index (χ0v) is 11.3. The number of rotatable bonds is 5. The smallest absolute Gasteiger partial charge is 0.194 e. The molecule has 0 aliphatic heterocycles. The van der Waals surface area contributed by atoms with E-state index in [1.807, 2.05) is 6.92 Å². The minimum atomic E-state index is -1.53. The fourth-order valence-corrected chi connectivity index (χ4v) is 1.98. The molecule has 0 radical (unpaired) electrons. The standard InChI is InChI=1S/C15H14F4N2/c1-2-7-20-15(12-6-3-9(16)8-21-12)10-4-5-11(17)14(19)13(10)18/h3-6,8,15,20H,2,7H2,1H3. The van der Waals surface area contributed by atoms with Crippen molar-refractivity contribution >= 4 is 0 Å². The van der Waals surface area contributed by atoms with Gasteiger partial charge in [-0.3, -0.25) is 4.98 Å². The van der Waals surface area contributed by atoms with Crippen molar-refractivity contribution in [3.05, 3.63) is 65.0 Å². The summed E-state index contributed by atoms with van der Waals surface area (Å²) in [7, 11) is 0. The molecule has 21 heavy (non-hydrogen) atoms. The number of pyridine rings is 1. The minimum Gasteiger partial charge on any atom is -0.305 e. The molecule has 2 nitrogen and oxygen atoms in total. The predicted octanol–water partition coefficient (Wildman–Crippen LogP) is 3.73. The molecule has 1 aromatic heterocycles. The summed E-state index contributed by atoms with van der Waals surface area (Å²) < 4.78 is 53.3. The Morgan fingerprint density at radius 1 is 1.05 bits per heavy atom. The van der Waals surface area contributed by atoms with Gasteiger partial charge in [0.2, 0.25) is 0 Å². The first kappa shape index (κ1) is 15.4. The summed E-state index contributed by atoms with van der Waals surface area (Å²) in [4.78, 5) is 3.88. The van der Waals surface area contributed by atoms with Gasteiger partial charge in [-0.25, -0.2) is 17.6 Å². The lowest BCUT2D eigenvalue weighted by atomic mass is 10.0. The summed E-state index contributed by atoms with van der Waals surface area (Å²) >= 11 is 0. The highest BCUT2D eigenvalue weighted by atomic mass is 19.2. The molecule has 0 aliphatic rings. The van der Waals surface area contributed by atoms with Gasteiger partial charge in [0.15, 0.2) is 17.5 Å². The highest BCUT2D eigenvalue weighted by Gasteiger charge is 2.22. The Hall–Kier alpha value is -1.95. The summed E-state index contributed by atoms with van der Waals surface area (Å²) in [6, 6.07) is 3.80. The normalized spacial score (nSPS) is 12.4. The summed E-state index contributed by atoms with van der Waals surface area (Å²) in [5, 5.41) is 2.99. The van der Waals surface area contributed by atoms with Gasteiger partial charge < -0.3 is 5.32 Å². The van der Waals surface area contributed by atoms with E-state index < -0.39 is 29.3 Å². The lowest BCUT2D eigenvalue weighted by Gasteiger charge is -2.19. The molecule has 0 saturated heterocycles. The van der Waals surface area contributed by atoms with Gasteiger partial charge in [-0.15, -0.1) is 0 Å². The number of nitrogens with one attached hydrogen (secondary N) is 1. The van der Waals surface area contributed by atoms with Crippen LogP contribution in [-0.4, -0.2) is 11.5 Å². The van der Waals surface area contributed by atoms with E-state index >= 15 is 0 Å². The lowest BCUT2D eigenvalue weighted by molar-refractivity contribution is 0.431. The monoisotopic (exact) mass is 298 g/mol. The second-order valence-electron chi connectivity index (χ2n) is 4.55. The average molecular weight is 298 g/mol. The molecule has 0 bridgehead atoms. The van der Waals surface area contributed by atoms with Gasteiger partial charge in [0.1, 0.15) is 5.82 Å². The van der Waals surface area contributed by atoms with Gasteiger partial charge in [0.25, 0.3) is 0 Å². The molecule has 6 heteroatoms. The molecule has 0 saturated carbocycles. The van der Waals surface area contributed by atoms with Crippen molar-refractivity contribution < 1.29 is 17.6 Å². The van der Waals surface area contributed by atoms with E-state index in [-0.39, 0.29) is 5.56 Å². The quantitative estimate of drug-likeness (QED) is 0.672. The fraction of sp³-hybridized carbons (Fsp3) is 0.267. The van der Waals surface area contributed by atoms with Crippen LogP contribution in [0.2, 0.25) is 0 Å². The van der Waals surface area contributed by atoms with Crippen LogP contribution in [0.4, 0.5) is 17.6 Å². The van der Waals surface area contributed by atoms with Crippen LogP contribution >= 0.6 is 0 Å². The van der Waals surface area contributed by atoms with Crippen molar-refractivity contribution in [2.45, 2.75) is 19.4 Å². The molecular weight excluding hydrogens is 284 g/mol. The highest BCUT2D eigenvalue weighted by molar-refractivity contribution is 5.30. The Kier molecular flexibility index (Phi) is 4.90. The summed E-state index contributed by atoms with van der Waals surface area (Å²) in [5.41, 5.74) is 0.260. The van der Waals surface area contributed by atoms with Gasteiger partial charge in [-0.05, 0) is 31.2 Å². The van der Waals surface area contributed by atoms with E-state index in [1.54, 1.807) is 0 Å². The summed E-state index contributed by atoms with van der Waals surface area (Å²) in [6.45, 7) is 2.42. The number of aromatic nitrogens is 1. The van der Waals surface area contributed by atoms with E-state index in [0.717, 1.165) is 24.8 Å².